The third-order valence-electron chi connectivity index (χ3n) is 4.07. The molecule has 1 aromatic carbocycles. The van der Waals surface area contributed by atoms with Gasteiger partial charge in [0.1, 0.15) is 17.5 Å². The molecule has 2 heterocycles. The van der Waals surface area contributed by atoms with Crippen molar-refractivity contribution in [2.75, 3.05) is 11.9 Å². The Morgan fingerprint density at radius 3 is 2.63 bits per heavy atom. The summed E-state index contributed by atoms with van der Waals surface area (Å²) in [5.41, 5.74) is 0.117. The molecule has 0 spiro atoms. The molecule has 5 nitrogen and oxygen atoms in total. The van der Waals surface area contributed by atoms with Gasteiger partial charge in [-0.1, -0.05) is 18.2 Å². The highest BCUT2D eigenvalue weighted by Crippen LogP contribution is 2.30. The van der Waals surface area contributed by atoms with Gasteiger partial charge in [0.25, 0.3) is 6.43 Å². The minimum Gasteiger partial charge on any atom is -0.478 e. The lowest BCUT2D eigenvalue weighted by Crippen LogP contribution is -2.12. The fourth-order valence-corrected chi connectivity index (χ4v) is 2.82. The minimum atomic E-state index is -2.88. The average molecular weight is 376 g/mol. The zero-order valence-electron chi connectivity index (χ0n) is 15.1. The van der Waals surface area contributed by atoms with Crippen LogP contribution in [-0.4, -0.2) is 21.6 Å². The lowest BCUT2D eigenvalue weighted by atomic mass is 10.0. The number of nitrogens with zero attached hydrogens (tertiary/aromatic N) is 3. The Balaban J connectivity index is 2.01. The summed E-state index contributed by atoms with van der Waals surface area (Å²) in [5.74, 6) is 0.457. The van der Waals surface area contributed by atoms with Crippen LogP contribution in [0.1, 0.15) is 43.3 Å². The van der Waals surface area contributed by atoms with Crippen LogP contribution in [0.4, 0.5) is 19.0 Å². The van der Waals surface area contributed by atoms with Gasteiger partial charge in [0.15, 0.2) is 0 Å². The van der Waals surface area contributed by atoms with E-state index in [4.69, 9.17) is 4.74 Å². The van der Waals surface area contributed by atoms with Gasteiger partial charge in [-0.2, -0.15) is 0 Å². The second-order valence-corrected chi connectivity index (χ2v) is 6.01. The van der Waals surface area contributed by atoms with Crippen LogP contribution >= 0.6 is 0 Å². The predicted octanol–water partition coefficient (Wildman–Crippen LogP) is 4.98. The summed E-state index contributed by atoms with van der Waals surface area (Å²) in [6, 6.07) is 5.07. The van der Waals surface area contributed by atoms with Crippen molar-refractivity contribution in [2.24, 2.45) is 0 Å². The fraction of sp³-hybridized carbons (Fsp3) is 0.316. The van der Waals surface area contributed by atoms with E-state index >= 15 is 0 Å². The van der Waals surface area contributed by atoms with Crippen molar-refractivity contribution in [1.29, 1.82) is 0 Å². The molecule has 0 aliphatic rings. The number of alkyl halides is 2. The second-order valence-electron chi connectivity index (χ2n) is 6.01. The number of nitrogens with one attached hydrogen (secondary N) is 1. The van der Waals surface area contributed by atoms with Gasteiger partial charge in [-0.05, 0) is 20.8 Å². The highest BCUT2D eigenvalue weighted by atomic mass is 19.3. The van der Waals surface area contributed by atoms with E-state index in [9.17, 15) is 13.2 Å². The number of benzene rings is 1. The van der Waals surface area contributed by atoms with Gasteiger partial charge in [-0.15, -0.1) is 0 Å². The van der Waals surface area contributed by atoms with Crippen LogP contribution < -0.4 is 10.1 Å². The molecule has 3 rings (SSSR count). The van der Waals surface area contributed by atoms with E-state index in [1.54, 1.807) is 26.1 Å². The van der Waals surface area contributed by atoms with Crippen LogP contribution in [0.3, 0.4) is 0 Å². The lowest BCUT2D eigenvalue weighted by molar-refractivity contribution is 0.146. The molecule has 2 aromatic heterocycles. The van der Waals surface area contributed by atoms with Crippen LogP contribution in [-0.2, 0) is 0 Å². The predicted molar refractivity (Wildman–Crippen MR) is 96.6 cm³/mol. The molecular formula is C19H19F3N4O. The molecule has 0 saturated carbocycles. The van der Waals surface area contributed by atoms with Crippen molar-refractivity contribution < 1.29 is 17.9 Å². The van der Waals surface area contributed by atoms with E-state index in [1.807, 2.05) is 6.92 Å². The molecule has 1 N–H and O–H groups in total. The number of halogens is 3. The highest BCUT2D eigenvalue weighted by Gasteiger charge is 2.20. The first kappa shape index (κ1) is 18.9. The SMILES string of the molecule is CCOc1cc2c(N[C@H](C)c3cccc(C(F)F)c3F)nc(C)nc2cn1. The number of aromatic nitrogens is 3. The monoisotopic (exact) mass is 376 g/mol. The van der Waals surface area contributed by atoms with Gasteiger partial charge in [-0.25, -0.2) is 28.1 Å². The van der Waals surface area contributed by atoms with E-state index in [0.717, 1.165) is 6.07 Å². The number of hydrogen-bond donors (Lipinski definition) is 1. The maximum Gasteiger partial charge on any atom is 0.266 e. The van der Waals surface area contributed by atoms with Crippen molar-refractivity contribution in [3.63, 3.8) is 0 Å². The van der Waals surface area contributed by atoms with Gasteiger partial charge in [0, 0.05) is 17.0 Å². The van der Waals surface area contributed by atoms with E-state index in [0.29, 0.717) is 35.0 Å². The van der Waals surface area contributed by atoms with Gasteiger partial charge >= 0.3 is 0 Å². The number of rotatable bonds is 6. The maximum absolute atomic E-state index is 14.5. The Hall–Kier alpha value is -2.90. The van der Waals surface area contributed by atoms with Gasteiger partial charge in [0.05, 0.1) is 29.9 Å². The number of pyridine rings is 1. The summed E-state index contributed by atoms with van der Waals surface area (Å²) >= 11 is 0. The Bertz CT molecular complexity index is 965. The zero-order valence-corrected chi connectivity index (χ0v) is 15.1. The van der Waals surface area contributed by atoms with Crippen molar-refractivity contribution in [2.45, 2.75) is 33.2 Å². The Morgan fingerprint density at radius 2 is 1.93 bits per heavy atom. The lowest BCUT2D eigenvalue weighted by Gasteiger charge is -2.18. The van der Waals surface area contributed by atoms with Crippen LogP contribution in [0.2, 0.25) is 0 Å². The molecule has 27 heavy (non-hydrogen) atoms. The number of anilines is 1. The molecule has 0 unspecified atom stereocenters. The van der Waals surface area contributed by atoms with E-state index < -0.39 is 23.8 Å². The van der Waals surface area contributed by atoms with Crippen LogP contribution in [0.15, 0.2) is 30.5 Å². The molecule has 3 aromatic rings. The molecule has 0 aliphatic heterocycles. The second kappa shape index (κ2) is 7.77. The maximum atomic E-state index is 14.5. The van der Waals surface area contributed by atoms with Gasteiger partial charge in [0.2, 0.25) is 5.88 Å². The highest BCUT2D eigenvalue weighted by molar-refractivity contribution is 5.89. The van der Waals surface area contributed by atoms with E-state index in [2.05, 4.69) is 20.3 Å². The summed E-state index contributed by atoms with van der Waals surface area (Å²) in [4.78, 5) is 12.9. The molecule has 0 aliphatic carbocycles. The molecule has 0 radical (unpaired) electrons. The minimum absolute atomic E-state index is 0.135. The molecule has 0 amide bonds. The fourth-order valence-electron chi connectivity index (χ4n) is 2.82. The van der Waals surface area contributed by atoms with Gasteiger partial charge in [-0.3, -0.25) is 0 Å². The number of hydrogen-bond acceptors (Lipinski definition) is 5. The normalized spacial score (nSPS) is 12.4. The third kappa shape index (κ3) is 3.94. The molecule has 0 bridgehead atoms. The first-order chi connectivity index (χ1) is 12.9. The molecule has 142 valence electrons. The van der Waals surface area contributed by atoms with Crippen molar-refractivity contribution in [3.05, 3.63) is 53.2 Å². The Kier molecular flexibility index (Phi) is 5.43. The first-order valence-electron chi connectivity index (χ1n) is 8.50. The number of fused-ring (bicyclic) bond motifs is 1. The van der Waals surface area contributed by atoms with Crippen molar-refractivity contribution in [1.82, 2.24) is 15.0 Å². The summed E-state index contributed by atoms with van der Waals surface area (Å²) in [6.07, 6.45) is -1.30. The Morgan fingerprint density at radius 1 is 1.19 bits per heavy atom. The summed E-state index contributed by atoms with van der Waals surface area (Å²) in [5, 5.41) is 3.75. The molecule has 1 atom stereocenters. The van der Waals surface area contributed by atoms with Gasteiger partial charge < -0.3 is 10.1 Å². The topological polar surface area (TPSA) is 59.9 Å². The van der Waals surface area contributed by atoms with E-state index in [1.165, 1.54) is 12.1 Å². The number of ether oxygens (including phenoxy) is 1. The van der Waals surface area contributed by atoms with Crippen LogP contribution in [0.25, 0.3) is 10.9 Å². The largest absolute Gasteiger partial charge is 0.478 e. The number of aryl methyl sites for hydroxylation is 1. The summed E-state index contributed by atoms with van der Waals surface area (Å²) in [6.45, 7) is 5.71. The van der Waals surface area contributed by atoms with Crippen LogP contribution in [0.5, 0.6) is 5.88 Å². The smallest absolute Gasteiger partial charge is 0.266 e. The van der Waals surface area contributed by atoms with Crippen molar-refractivity contribution in [3.8, 4) is 5.88 Å². The molecule has 8 heteroatoms. The molecule has 0 saturated heterocycles. The molecule has 0 fully saturated rings. The third-order valence-corrected chi connectivity index (χ3v) is 4.07. The zero-order chi connectivity index (χ0) is 19.6. The standard InChI is InChI=1S/C19H19F3N4O/c1-4-27-16-8-14-15(9-23-16)25-11(3)26-19(14)24-10(2)12-6-5-7-13(17(12)20)18(21)22/h5-10,18H,4H2,1-3H3,(H,24,25,26)/t10-/m1/s1. The van der Waals surface area contributed by atoms with E-state index in [-0.39, 0.29) is 5.56 Å². The summed E-state index contributed by atoms with van der Waals surface area (Å²) in [7, 11) is 0. The Labute approximate surface area is 154 Å². The molecular weight excluding hydrogens is 357 g/mol. The first-order valence-corrected chi connectivity index (χ1v) is 8.50. The van der Waals surface area contributed by atoms with Crippen molar-refractivity contribution >= 4 is 16.7 Å². The quantitative estimate of drug-likeness (QED) is 0.657. The van der Waals surface area contributed by atoms with Crippen LogP contribution in [0, 0.1) is 12.7 Å². The summed E-state index contributed by atoms with van der Waals surface area (Å²) < 4.78 is 45.8. The average Bonchev–Trinajstić information content (AvgIpc) is 2.62.